The van der Waals surface area contributed by atoms with Gasteiger partial charge in [-0.3, -0.25) is 0 Å². The monoisotopic (exact) mass is 216 g/mol. The van der Waals surface area contributed by atoms with E-state index in [9.17, 15) is 0 Å². The van der Waals surface area contributed by atoms with Crippen LogP contribution in [0.4, 0.5) is 0 Å². The van der Waals surface area contributed by atoms with Gasteiger partial charge in [-0.15, -0.1) is 0 Å². The highest BCUT2D eigenvalue weighted by atomic mass is 15.1. The molecule has 0 aromatic carbocycles. The Labute approximate surface area is 101 Å². The Morgan fingerprint density at radius 2 is 2.12 bits per heavy atom. The number of rotatable bonds is 6. The molecular weight excluding hydrogens is 195 g/mol. The Bertz CT molecular complexity index is 301. The number of hydrogen-bond acceptors (Lipinski definition) is 1. The average Bonchev–Trinajstić information content (AvgIpc) is 2.28. The molecule has 0 atom stereocenters. The maximum atomic E-state index is 5.78. The summed E-state index contributed by atoms with van der Waals surface area (Å²) in [5, 5.41) is 0. The summed E-state index contributed by atoms with van der Waals surface area (Å²) < 4.78 is 1.96. The molecule has 0 heterocycles. The molecule has 0 saturated carbocycles. The predicted molar refractivity (Wildman–Crippen MR) is 72.2 cm³/mol. The standard InChI is InChI=1S/C13H21BN2/c1-5-15(3)11-7-9-13(14)10-8-12-16(4)6-2/h7-11H,5-6H2,1-4H3/b10-8?,11-7?,13-9-. The van der Waals surface area contributed by atoms with E-state index in [0.29, 0.717) is 0 Å². The maximum Gasteiger partial charge on any atom is 0.122 e. The topological polar surface area (TPSA) is 6.25 Å². The molecule has 0 aliphatic carbocycles. The summed E-state index contributed by atoms with van der Waals surface area (Å²) in [7, 11) is 9.77. The quantitative estimate of drug-likeness (QED) is 0.215. The van der Waals surface area contributed by atoms with E-state index in [2.05, 4.69) is 25.0 Å². The molecule has 0 N–H and O–H groups in total. The molecular formula is C13H21BN2. The second kappa shape index (κ2) is 9.02. The SMILES string of the molecule is [B]/C(C=C[C-]=[N+](C)CC)=C\C=CN(C)CC. The van der Waals surface area contributed by atoms with Crippen molar-refractivity contribution in [2.45, 2.75) is 13.8 Å². The molecule has 0 aromatic rings. The zero-order valence-electron chi connectivity index (χ0n) is 10.8. The first-order chi connectivity index (χ1) is 7.60. The van der Waals surface area contributed by atoms with Crippen LogP contribution in [0.5, 0.6) is 0 Å². The number of hydrogen-bond donors (Lipinski definition) is 0. The van der Waals surface area contributed by atoms with Crippen LogP contribution in [0.2, 0.25) is 0 Å². The lowest BCUT2D eigenvalue weighted by atomic mass is 9.95. The number of nitrogens with zero attached hydrogens (tertiary/aromatic N) is 2. The molecule has 0 unspecified atom stereocenters. The van der Waals surface area contributed by atoms with Crippen LogP contribution < -0.4 is 0 Å². The fraction of sp³-hybridized carbons (Fsp3) is 0.462. The van der Waals surface area contributed by atoms with Gasteiger partial charge in [0.1, 0.15) is 13.6 Å². The van der Waals surface area contributed by atoms with Crippen LogP contribution in [0.25, 0.3) is 0 Å². The zero-order chi connectivity index (χ0) is 12.4. The normalized spacial score (nSPS) is 14.0. The van der Waals surface area contributed by atoms with Gasteiger partial charge < -0.3 is 9.48 Å². The fourth-order valence-corrected chi connectivity index (χ4v) is 0.814. The van der Waals surface area contributed by atoms with E-state index < -0.39 is 0 Å². The van der Waals surface area contributed by atoms with Crippen LogP contribution in [-0.4, -0.2) is 50.7 Å². The van der Waals surface area contributed by atoms with Crippen molar-refractivity contribution < 1.29 is 4.58 Å². The molecule has 0 bridgehead atoms. The first-order valence-electron chi connectivity index (χ1n) is 5.58. The van der Waals surface area contributed by atoms with E-state index in [-0.39, 0.29) is 0 Å². The van der Waals surface area contributed by atoms with E-state index in [1.165, 1.54) is 0 Å². The molecule has 2 radical (unpaired) electrons. The van der Waals surface area contributed by atoms with E-state index in [1.54, 1.807) is 0 Å². The lowest BCUT2D eigenvalue weighted by Crippen LogP contribution is -2.07. The van der Waals surface area contributed by atoms with Gasteiger partial charge in [-0.1, -0.05) is 6.08 Å². The van der Waals surface area contributed by atoms with Crippen LogP contribution in [0.1, 0.15) is 13.8 Å². The molecule has 16 heavy (non-hydrogen) atoms. The van der Waals surface area contributed by atoms with Gasteiger partial charge in [-0.05, 0) is 26.1 Å². The van der Waals surface area contributed by atoms with Crippen LogP contribution in [0.15, 0.2) is 36.0 Å². The second-order valence-corrected chi connectivity index (χ2v) is 3.56. The molecule has 3 heteroatoms. The summed E-state index contributed by atoms with van der Waals surface area (Å²) in [6, 6.07) is 0. The van der Waals surface area contributed by atoms with Crippen molar-refractivity contribution in [3.05, 3.63) is 36.0 Å². The third kappa shape index (κ3) is 8.10. The minimum Gasteiger partial charge on any atom is -0.381 e. The van der Waals surface area contributed by atoms with Crippen molar-refractivity contribution in [3.8, 4) is 0 Å². The summed E-state index contributed by atoms with van der Waals surface area (Å²) in [5.41, 5.74) is 0.720. The van der Waals surface area contributed by atoms with E-state index in [1.807, 2.05) is 49.2 Å². The average molecular weight is 216 g/mol. The highest BCUT2D eigenvalue weighted by molar-refractivity contribution is 6.23. The van der Waals surface area contributed by atoms with Crippen LogP contribution in [0, 0.1) is 0 Å². The molecule has 0 spiro atoms. The zero-order valence-corrected chi connectivity index (χ0v) is 10.8. The molecule has 86 valence electrons. The van der Waals surface area contributed by atoms with Gasteiger partial charge in [0.15, 0.2) is 0 Å². The molecule has 0 aromatic heterocycles. The Hall–Kier alpha value is -1.25. The maximum absolute atomic E-state index is 5.78. The smallest absolute Gasteiger partial charge is 0.122 e. The van der Waals surface area contributed by atoms with Gasteiger partial charge >= 0.3 is 0 Å². The highest BCUT2D eigenvalue weighted by Gasteiger charge is 1.80. The molecule has 0 aliphatic heterocycles. The third-order valence-electron chi connectivity index (χ3n) is 2.17. The van der Waals surface area contributed by atoms with Crippen molar-refractivity contribution >= 4 is 14.1 Å². The van der Waals surface area contributed by atoms with Gasteiger partial charge in [0.05, 0.1) is 7.85 Å². The Kier molecular flexibility index (Phi) is 8.31. The van der Waals surface area contributed by atoms with Crippen molar-refractivity contribution in [2.24, 2.45) is 0 Å². The van der Waals surface area contributed by atoms with Crippen molar-refractivity contribution in [1.82, 2.24) is 4.90 Å². The van der Waals surface area contributed by atoms with Crippen LogP contribution in [-0.2, 0) is 0 Å². The summed E-state index contributed by atoms with van der Waals surface area (Å²) in [5.74, 6) is 0. The van der Waals surface area contributed by atoms with Gasteiger partial charge in [0.25, 0.3) is 0 Å². The molecule has 0 fully saturated rings. The second-order valence-electron chi connectivity index (χ2n) is 3.56. The summed E-state index contributed by atoms with van der Waals surface area (Å²) >= 11 is 0. The van der Waals surface area contributed by atoms with E-state index in [0.717, 1.165) is 18.6 Å². The van der Waals surface area contributed by atoms with E-state index in [4.69, 9.17) is 7.85 Å². The molecule has 0 rings (SSSR count). The summed E-state index contributed by atoms with van der Waals surface area (Å²) in [6.45, 7) is 6.10. The van der Waals surface area contributed by atoms with Crippen LogP contribution in [0.3, 0.4) is 0 Å². The summed E-state index contributed by atoms with van der Waals surface area (Å²) in [6.07, 6.45) is 12.5. The largest absolute Gasteiger partial charge is 0.381 e. The van der Waals surface area contributed by atoms with Crippen molar-refractivity contribution in [2.75, 3.05) is 27.2 Å². The first kappa shape index (κ1) is 14.8. The summed E-state index contributed by atoms with van der Waals surface area (Å²) in [4.78, 5) is 2.08. The fourth-order valence-electron chi connectivity index (χ4n) is 0.814. The number of allylic oxidation sites excluding steroid dienone is 5. The lowest BCUT2D eigenvalue weighted by Gasteiger charge is -2.08. The highest BCUT2D eigenvalue weighted by Crippen LogP contribution is 1.92. The van der Waals surface area contributed by atoms with Crippen molar-refractivity contribution in [3.63, 3.8) is 0 Å². The molecule has 0 saturated heterocycles. The first-order valence-corrected chi connectivity index (χ1v) is 5.58. The Morgan fingerprint density at radius 3 is 2.69 bits per heavy atom. The van der Waals surface area contributed by atoms with Gasteiger partial charge in [-0.25, -0.2) is 6.08 Å². The Balaban J connectivity index is 4.20. The van der Waals surface area contributed by atoms with Gasteiger partial charge in [-0.2, -0.15) is 11.5 Å². The van der Waals surface area contributed by atoms with Crippen LogP contribution >= 0.6 is 0 Å². The minimum atomic E-state index is 0.720. The minimum absolute atomic E-state index is 0.720. The Morgan fingerprint density at radius 1 is 1.44 bits per heavy atom. The molecule has 0 aliphatic rings. The lowest BCUT2D eigenvalue weighted by molar-refractivity contribution is -0.487. The van der Waals surface area contributed by atoms with Crippen molar-refractivity contribution in [1.29, 1.82) is 0 Å². The van der Waals surface area contributed by atoms with Gasteiger partial charge in [0.2, 0.25) is 0 Å². The van der Waals surface area contributed by atoms with Gasteiger partial charge in [0, 0.05) is 19.8 Å². The van der Waals surface area contributed by atoms with E-state index >= 15 is 0 Å². The predicted octanol–water partition coefficient (Wildman–Crippen LogP) is 1.67. The third-order valence-corrected chi connectivity index (χ3v) is 2.17. The molecule has 2 nitrogen and oxygen atoms in total. The molecule has 0 amide bonds.